The first-order valence-electron chi connectivity index (χ1n) is 15.0. The SMILES string of the molecule is Cc1cc(NC(=O)c2ccc(NN=C3C=Cc4c(cccc4S(=O)(=O)O)C3=O)cc2)ccc1N=Nc1ccc2cc(S(=O)(=O)O)cc(S(=O)(=O)O)c2c1. The van der Waals surface area contributed by atoms with Crippen molar-refractivity contribution < 1.29 is 48.5 Å². The Morgan fingerprint density at radius 3 is 2.06 bits per heavy atom. The van der Waals surface area contributed by atoms with Crippen LogP contribution in [0.15, 0.2) is 127 Å². The van der Waals surface area contributed by atoms with Crippen molar-refractivity contribution in [2.24, 2.45) is 15.3 Å². The summed E-state index contributed by atoms with van der Waals surface area (Å²) < 4.78 is 99.0. The number of allylic oxidation sites excluding steroid dienone is 1. The van der Waals surface area contributed by atoms with E-state index in [0.29, 0.717) is 34.3 Å². The minimum absolute atomic E-state index is 0.00873. The minimum atomic E-state index is -4.89. The van der Waals surface area contributed by atoms with Gasteiger partial charge in [0.15, 0.2) is 0 Å². The van der Waals surface area contributed by atoms with Crippen LogP contribution in [0.1, 0.15) is 31.8 Å². The number of hydrogen-bond donors (Lipinski definition) is 5. The second-order valence-electron chi connectivity index (χ2n) is 11.5. The van der Waals surface area contributed by atoms with E-state index < -0.39 is 51.8 Å². The van der Waals surface area contributed by atoms with Gasteiger partial charge in [-0.3, -0.25) is 28.7 Å². The topological polar surface area (TPSA) is 258 Å². The number of nitrogens with zero attached hydrogens (tertiary/aromatic N) is 3. The monoisotopic (exact) mass is 775 g/mol. The summed E-state index contributed by atoms with van der Waals surface area (Å²) >= 11 is 0. The van der Waals surface area contributed by atoms with Gasteiger partial charge in [-0.1, -0.05) is 24.3 Å². The van der Waals surface area contributed by atoms with Gasteiger partial charge in [0.05, 0.1) is 22.0 Å². The van der Waals surface area contributed by atoms with Crippen LogP contribution < -0.4 is 10.7 Å². The molecule has 5 aromatic rings. The quantitative estimate of drug-likeness (QED) is 0.0634. The summed E-state index contributed by atoms with van der Waals surface area (Å²) in [5.41, 5.74) is 5.22. The van der Waals surface area contributed by atoms with Crippen molar-refractivity contribution in [2.75, 3.05) is 10.7 Å². The first kappa shape index (κ1) is 36.8. The van der Waals surface area contributed by atoms with E-state index >= 15 is 0 Å². The lowest BCUT2D eigenvalue weighted by Crippen LogP contribution is -2.19. The van der Waals surface area contributed by atoms with Crippen LogP contribution in [0.5, 0.6) is 0 Å². The van der Waals surface area contributed by atoms with Gasteiger partial charge in [0.1, 0.15) is 15.5 Å². The normalized spacial score (nSPS) is 14.1. The van der Waals surface area contributed by atoms with Crippen molar-refractivity contribution in [3.8, 4) is 0 Å². The average Bonchev–Trinajstić information content (AvgIpc) is 3.09. The Balaban J connectivity index is 1.12. The van der Waals surface area contributed by atoms with Gasteiger partial charge in [-0.05, 0) is 96.7 Å². The zero-order chi connectivity index (χ0) is 38.3. The molecule has 0 aliphatic heterocycles. The highest BCUT2D eigenvalue weighted by Crippen LogP contribution is 2.32. The van der Waals surface area contributed by atoms with Gasteiger partial charge in [0, 0.05) is 27.8 Å². The Labute approximate surface area is 301 Å². The number of amides is 1. The van der Waals surface area contributed by atoms with Crippen LogP contribution in [0.3, 0.4) is 0 Å². The molecule has 0 heterocycles. The highest BCUT2D eigenvalue weighted by molar-refractivity contribution is 7.87. The van der Waals surface area contributed by atoms with Gasteiger partial charge in [-0.25, -0.2) is 0 Å². The van der Waals surface area contributed by atoms with E-state index in [0.717, 1.165) is 6.07 Å². The molecule has 19 heteroatoms. The van der Waals surface area contributed by atoms with E-state index in [1.165, 1.54) is 60.7 Å². The van der Waals surface area contributed by atoms with Crippen molar-refractivity contribution in [1.29, 1.82) is 0 Å². The number of fused-ring (bicyclic) bond motifs is 2. The predicted molar refractivity (Wildman–Crippen MR) is 194 cm³/mol. The summed E-state index contributed by atoms with van der Waals surface area (Å²) in [6.45, 7) is 1.72. The van der Waals surface area contributed by atoms with Crippen LogP contribution >= 0.6 is 0 Å². The fourth-order valence-electron chi connectivity index (χ4n) is 5.29. The van der Waals surface area contributed by atoms with Crippen molar-refractivity contribution in [2.45, 2.75) is 21.6 Å². The van der Waals surface area contributed by atoms with Gasteiger partial charge >= 0.3 is 0 Å². The number of azo groups is 1. The van der Waals surface area contributed by atoms with Gasteiger partial charge in [-0.2, -0.15) is 40.6 Å². The first-order chi connectivity index (χ1) is 24.9. The van der Waals surface area contributed by atoms with E-state index in [1.54, 1.807) is 37.3 Å². The lowest BCUT2D eigenvalue weighted by Gasteiger charge is -2.14. The molecule has 1 aliphatic carbocycles. The Kier molecular flexibility index (Phi) is 9.64. The molecule has 0 spiro atoms. The highest BCUT2D eigenvalue weighted by Gasteiger charge is 2.26. The van der Waals surface area contributed by atoms with E-state index in [-0.39, 0.29) is 38.2 Å². The molecule has 1 amide bonds. The standard InChI is InChI=1S/C34H25N5O11S3/c1-19-15-23(11-13-29(19)38-37-24-10-7-21-16-25(51(42,43)44)18-32(28(21)17-24)53(48,49)50)35-34(41)20-5-8-22(9-6-20)36-39-30-14-12-26-27(33(30)40)3-2-4-31(26)52(45,46)47/h2-18,36H,1H3,(H,35,41)(H,42,43,44)(H,45,46,47)(H,48,49,50). The predicted octanol–water partition coefficient (Wildman–Crippen LogP) is 6.23. The van der Waals surface area contributed by atoms with E-state index in [4.69, 9.17) is 0 Å². The third-order valence-corrected chi connectivity index (χ3v) is 10.5. The number of rotatable bonds is 9. The molecule has 0 atom stereocenters. The summed E-state index contributed by atoms with van der Waals surface area (Å²) in [7, 11) is -14.2. The van der Waals surface area contributed by atoms with Crippen LogP contribution in [-0.4, -0.2) is 56.3 Å². The summed E-state index contributed by atoms with van der Waals surface area (Å²) in [4.78, 5) is 24.0. The number of hydrogen-bond acceptors (Lipinski definition) is 12. The Morgan fingerprint density at radius 2 is 1.40 bits per heavy atom. The molecule has 6 rings (SSSR count). The molecule has 0 radical (unpaired) electrons. The Morgan fingerprint density at radius 1 is 0.698 bits per heavy atom. The van der Waals surface area contributed by atoms with E-state index in [9.17, 15) is 48.5 Å². The average molecular weight is 776 g/mol. The largest absolute Gasteiger partial charge is 0.322 e. The summed E-state index contributed by atoms with van der Waals surface area (Å²) in [6, 6.07) is 20.7. The van der Waals surface area contributed by atoms with Crippen molar-refractivity contribution >= 4 is 87.4 Å². The zero-order valence-electron chi connectivity index (χ0n) is 27.0. The van der Waals surface area contributed by atoms with Gasteiger partial charge in [0.2, 0.25) is 5.78 Å². The number of nitrogens with one attached hydrogen (secondary N) is 2. The third-order valence-electron chi connectivity index (χ3n) is 7.86. The number of benzene rings is 5. The number of carbonyl (C=O) groups is 2. The van der Waals surface area contributed by atoms with Gasteiger partial charge in [-0.15, -0.1) is 0 Å². The molecule has 0 saturated carbocycles. The van der Waals surface area contributed by atoms with Crippen molar-refractivity contribution in [3.63, 3.8) is 0 Å². The van der Waals surface area contributed by atoms with Gasteiger partial charge < -0.3 is 5.32 Å². The molecule has 1 aliphatic rings. The van der Waals surface area contributed by atoms with E-state index in [1.807, 2.05) is 0 Å². The summed E-state index contributed by atoms with van der Waals surface area (Å²) in [6.07, 6.45) is 2.69. The molecule has 0 saturated heterocycles. The maximum absolute atomic E-state index is 13.0. The van der Waals surface area contributed by atoms with Crippen LogP contribution in [0.4, 0.5) is 22.7 Å². The molecule has 16 nitrogen and oxygen atoms in total. The molecule has 0 aromatic heterocycles. The Bertz CT molecular complexity index is 2800. The number of aryl methyl sites for hydroxylation is 1. The Hall–Kier alpha value is -5.96. The maximum atomic E-state index is 13.0. The zero-order valence-corrected chi connectivity index (χ0v) is 29.4. The fourth-order valence-corrected chi connectivity index (χ4v) is 7.35. The maximum Gasteiger partial charge on any atom is 0.295 e. The molecule has 0 bridgehead atoms. The molecule has 5 N–H and O–H groups in total. The molecule has 5 aromatic carbocycles. The molecule has 53 heavy (non-hydrogen) atoms. The number of carbonyl (C=O) groups excluding carboxylic acids is 2. The summed E-state index contributed by atoms with van der Waals surface area (Å²) in [5.74, 6) is -0.988. The van der Waals surface area contributed by atoms with Crippen LogP contribution in [0.2, 0.25) is 0 Å². The summed E-state index contributed by atoms with van der Waals surface area (Å²) in [5, 5.41) is 15.2. The number of Topliss-reactive ketones (excluding diaryl/α,β-unsaturated/α-hetero) is 1. The second-order valence-corrected chi connectivity index (χ2v) is 15.7. The number of anilines is 2. The molecule has 270 valence electrons. The lowest BCUT2D eigenvalue weighted by molar-refractivity contribution is 0.102. The van der Waals surface area contributed by atoms with Crippen LogP contribution in [0.25, 0.3) is 16.8 Å². The first-order valence-corrected chi connectivity index (χ1v) is 19.3. The van der Waals surface area contributed by atoms with Crippen LogP contribution in [-0.2, 0) is 30.4 Å². The fraction of sp³-hybridized carbons (Fsp3) is 0.0294. The van der Waals surface area contributed by atoms with E-state index in [2.05, 4.69) is 26.1 Å². The lowest BCUT2D eigenvalue weighted by atomic mass is 9.95. The molecule has 0 fully saturated rings. The van der Waals surface area contributed by atoms with Crippen molar-refractivity contribution in [3.05, 3.63) is 119 Å². The molecule has 0 unspecified atom stereocenters. The van der Waals surface area contributed by atoms with Crippen molar-refractivity contribution in [1.82, 2.24) is 0 Å². The number of ketones is 1. The smallest absolute Gasteiger partial charge is 0.295 e. The highest BCUT2D eigenvalue weighted by atomic mass is 32.2. The van der Waals surface area contributed by atoms with Gasteiger partial charge in [0.25, 0.3) is 36.3 Å². The second kappa shape index (κ2) is 13.9. The molecular formula is C34H25N5O11S3. The minimum Gasteiger partial charge on any atom is -0.322 e. The third kappa shape index (κ3) is 8.09. The number of hydrazone groups is 1. The van der Waals surface area contributed by atoms with Crippen LogP contribution in [0, 0.1) is 6.92 Å². The molecular weight excluding hydrogens is 751 g/mol.